The number of rotatable bonds is 6. The van der Waals surface area contributed by atoms with Crippen LogP contribution in [0.1, 0.15) is 5.56 Å². The van der Waals surface area contributed by atoms with Crippen LogP contribution in [-0.2, 0) is 14.3 Å². The maximum atomic E-state index is 11.5. The summed E-state index contributed by atoms with van der Waals surface area (Å²) in [4.78, 5) is 23.5. The highest BCUT2D eigenvalue weighted by atomic mass is 32.2. The first-order chi connectivity index (χ1) is 9.04. The molecule has 104 valence electrons. The van der Waals surface area contributed by atoms with Gasteiger partial charge < -0.3 is 15.2 Å². The zero-order chi connectivity index (χ0) is 14.3. The summed E-state index contributed by atoms with van der Waals surface area (Å²) in [6, 6.07) is 7.76. The molecule has 1 aromatic rings. The van der Waals surface area contributed by atoms with Gasteiger partial charge in [-0.3, -0.25) is 4.79 Å². The number of carbonyl (C=O) groups excluding carboxylic acids is 2. The van der Waals surface area contributed by atoms with Crippen LogP contribution in [-0.4, -0.2) is 42.5 Å². The number of hydrogen-bond donors (Lipinski definition) is 2. The molecular formula is C13H17NO4S. The van der Waals surface area contributed by atoms with Crippen LogP contribution < -0.4 is 5.32 Å². The number of aliphatic hydroxyl groups excluding tert-OH is 1. The van der Waals surface area contributed by atoms with E-state index in [0.717, 1.165) is 10.5 Å². The first kappa shape index (κ1) is 15.5. The third-order valence-corrected chi connectivity index (χ3v) is 3.59. The average molecular weight is 283 g/mol. The van der Waals surface area contributed by atoms with E-state index in [2.05, 4.69) is 10.1 Å². The van der Waals surface area contributed by atoms with E-state index in [1.807, 2.05) is 31.2 Å². The normalized spacial score (nSPS) is 11.7. The van der Waals surface area contributed by atoms with Gasteiger partial charge in [0.1, 0.15) is 0 Å². The van der Waals surface area contributed by atoms with Gasteiger partial charge in [-0.1, -0.05) is 18.2 Å². The van der Waals surface area contributed by atoms with Crippen LogP contribution in [0.25, 0.3) is 0 Å². The quantitative estimate of drug-likeness (QED) is 0.595. The number of nitrogens with one attached hydrogen (secondary N) is 1. The molecule has 0 spiro atoms. The number of hydrogen-bond acceptors (Lipinski definition) is 5. The van der Waals surface area contributed by atoms with Gasteiger partial charge in [0, 0.05) is 4.90 Å². The largest absolute Gasteiger partial charge is 0.467 e. The number of thioether (sulfide) groups is 1. The smallest absolute Gasteiger partial charge is 0.336 e. The number of methoxy groups -OCH3 is 1. The van der Waals surface area contributed by atoms with E-state index in [-0.39, 0.29) is 18.2 Å². The van der Waals surface area contributed by atoms with Crippen molar-refractivity contribution < 1.29 is 19.4 Å². The first-order valence-electron chi connectivity index (χ1n) is 5.75. The van der Waals surface area contributed by atoms with Crippen LogP contribution in [0.5, 0.6) is 0 Å². The number of carbonyl (C=O) groups is 2. The van der Waals surface area contributed by atoms with Gasteiger partial charge in [0.25, 0.3) is 0 Å². The number of ether oxygens (including phenoxy) is 1. The van der Waals surface area contributed by atoms with Crippen molar-refractivity contribution in [2.24, 2.45) is 0 Å². The predicted molar refractivity (Wildman–Crippen MR) is 72.9 cm³/mol. The van der Waals surface area contributed by atoms with Crippen LogP contribution in [0.15, 0.2) is 29.2 Å². The van der Waals surface area contributed by atoms with Crippen molar-refractivity contribution in [1.82, 2.24) is 5.32 Å². The van der Waals surface area contributed by atoms with Crippen LogP contribution in [0.2, 0.25) is 0 Å². The van der Waals surface area contributed by atoms with Gasteiger partial charge in [0.2, 0.25) is 5.91 Å². The molecule has 1 atom stereocenters. The molecule has 2 N–H and O–H groups in total. The van der Waals surface area contributed by atoms with Crippen LogP contribution in [0.4, 0.5) is 0 Å². The summed E-state index contributed by atoms with van der Waals surface area (Å²) in [6.07, 6.45) is -1.32. The second-order valence-electron chi connectivity index (χ2n) is 3.90. The minimum atomic E-state index is -1.32. The van der Waals surface area contributed by atoms with E-state index in [4.69, 9.17) is 0 Å². The molecule has 19 heavy (non-hydrogen) atoms. The summed E-state index contributed by atoms with van der Waals surface area (Å²) in [5.41, 5.74) is 1.11. The van der Waals surface area contributed by atoms with Crippen molar-refractivity contribution in [2.75, 3.05) is 19.4 Å². The fraction of sp³-hybridized carbons (Fsp3) is 0.385. The molecule has 0 fully saturated rings. The van der Waals surface area contributed by atoms with E-state index in [1.54, 1.807) is 0 Å². The number of amides is 1. The van der Waals surface area contributed by atoms with Crippen LogP contribution in [0, 0.1) is 6.92 Å². The average Bonchev–Trinajstić information content (AvgIpc) is 2.42. The molecule has 5 nitrogen and oxygen atoms in total. The number of benzene rings is 1. The monoisotopic (exact) mass is 283 g/mol. The lowest BCUT2D eigenvalue weighted by molar-refractivity contribution is -0.150. The van der Waals surface area contributed by atoms with Gasteiger partial charge in [0.15, 0.2) is 6.10 Å². The molecule has 1 rings (SSSR count). The molecule has 0 heterocycles. The van der Waals surface area contributed by atoms with Gasteiger partial charge in [-0.15, -0.1) is 11.8 Å². The molecule has 0 saturated carbocycles. The Balaban J connectivity index is 2.33. The summed E-state index contributed by atoms with van der Waals surface area (Å²) in [7, 11) is 1.18. The van der Waals surface area contributed by atoms with Gasteiger partial charge in [-0.05, 0) is 18.6 Å². The lowest BCUT2D eigenvalue weighted by Crippen LogP contribution is -2.37. The summed E-state index contributed by atoms with van der Waals surface area (Å²) < 4.78 is 4.34. The second-order valence-corrected chi connectivity index (χ2v) is 4.91. The van der Waals surface area contributed by atoms with Crippen LogP contribution in [0.3, 0.4) is 0 Å². The number of esters is 1. The fourth-order valence-corrected chi connectivity index (χ4v) is 2.20. The highest BCUT2D eigenvalue weighted by Gasteiger charge is 2.16. The van der Waals surface area contributed by atoms with E-state index < -0.39 is 12.1 Å². The molecule has 0 aliphatic carbocycles. The minimum absolute atomic E-state index is 0.139. The Hall–Kier alpha value is -1.53. The Bertz CT molecular complexity index is 450. The Morgan fingerprint density at radius 2 is 2.11 bits per heavy atom. The Morgan fingerprint density at radius 3 is 2.74 bits per heavy atom. The van der Waals surface area contributed by atoms with E-state index in [0.29, 0.717) is 0 Å². The third-order valence-electron chi connectivity index (χ3n) is 2.42. The minimum Gasteiger partial charge on any atom is -0.467 e. The highest BCUT2D eigenvalue weighted by molar-refractivity contribution is 8.00. The molecule has 0 aliphatic rings. The second kappa shape index (κ2) is 7.81. The molecule has 0 aromatic heterocycles. The van der Waals surface area contributed by atoms with E-state index >= 15 is 0 Å². The van der Waals surface area contributed by atoms with Gasteiger partial charge in [0.05, 0.1) is 19.4 Å². The number of aliphatic hydroxyl groups is 1. The fourth-order valence-electron chi connectivity index (χ4n) is 1.34. The van der Waals surface area contributed by atoms with Gasteiger partial charge in [-0.25, -0.2) is 4.79 Å². The van der Waals surface area contributed by atoms with E-state index in [9.17, 15) is 14.7 Å². The molecule has 1 unspecified atom stereocenters. The Kier molecular flexibility index (Phi) is 6.38. The summed E-state index contributed by atoms with van der Waals surface area (Å²) >= 11 is 1.41. The maximum absolute atomic E-state index is 11.5. The Morgan fingerprint density at radius 1 is 1.42 bits per heavy atom. The maximum Gasteiger partial charge on any atom is 0.336 e. The zero-order valence-corrected chi connectivity index (χ0v) is 11.7. The zero-order valence-electron chi connectivity index (χ0n) is 10.9. The molecule has 0 bridgehead atoms. The molecule has 6 heteroatoms. The SMILES string of the molecule is COC(=O)C(O)CNC(=O)CSc1ccccc1C. The van der Waals surface area contributed by atoms with Crippen molar-refractivity contribution in [3.63, 3.8) is 0 Å². The standard InChI is InChI=1S/C13H17NO4S/c1-9-5-3-4-6-11(9)19-8-12(16)14-7-10(15)13(17)18-2/h3-6,10,15H,7-8H2,1-2H3,(H,14,16). The molecule has 1 amide bonds. The van der Waals surface area contributed by atoms with Crippen molar-refractivity contribution in [2.45, 2.75) is 17.9 Å². The van der Waals surface area contributed by atoms with Gasteiger partial charge >= 0.3 is 5.97 Å². The van der Waals surface area contributed by atoms with E-state index in [1.165, 1.54) is 18.9 Å². The molecule has 1 aromatic carbocycles. The summed E-state index contributed by atoms with van der Waals surface area (Å²) in [5.74, 6) is -0.762. The first-order valence-corrected chi connectivity index (χ1v) is 6.74. The lowest BCUT2D eigenvalue weighted by atomic mass is 10.2. The predicted octanol–water partition coefficient (Wildman–Crippen LogP) is 0.737. The Labute approximate surface area is 116 Å². The van der Waals surface area contributed by atoms with Crippen molar-refractivity contribution in [1.29, 1.82) is 0 Å². The number of aryl methyl sites for hydroxylation is 1. The topological polar surface area (TPSA) is 75.6 Å². The summed E-state index contributed by atoms with van der Waals surface area (Å²) in [6.45, 7) is 1.83. The lowest BCUT2D eigenvalue weighted by Gasteiger charge is -2.10. The van der Waals surface area contributed by atoms with Crippen molar-refractivity contribution in [3.05, 3.63) is 29.8 Å². The van der Waals surface area contributed by atoms with Gasteiger partial charge in [-0.2, -0.15) is 0 Å². The van der Waals surface area contributed by atoms with Crippen molar-refractivity contribution >= 4 is 23.6 Å². The third kappa shape index (κ3) is 5.32. The van der Waals surface area contributed by atoms with Crippen LogP contribution >= 0.6 is 11.8 Å². The highest BCUT2D eigenvalue weighted by Crippen LogP contribution is 2.21. The van der Waals surface area contributed by atoms with Crippen molar-refractivity contribution in [3.8, 4) is 0 Å². The molecular weight excluding hydrogens is 266 g/mol. The molecule has 0 saturated heterocycles. The molecule has 0 aliphatic heterocycles. The summed E-state index contributed by atoms with van der Waals surface area (Å²) in [5, 5.41) is 11.8. The molecule has 0 radical (unpaired) electrons.